The molecule has 1 saturated heterocycles. The van der Waals surface area contributed by atoms with Crippen LogP contribution in [0.3, 0.4) is 0 Å². The van der Waals surface area contributed by atoms with Crippen molar-refractivity contribution < 1.29 is 4.74 Å². The molecule has 1 aliphatic rings. The van der Waals surface area contributed by atoms with Crippen molar-refractivity contribution in [2.75, 3.05) is 39.9 Å². The van der Waals surface area contributed by atoms with Crippen molar-refractivity contribution in [3.05, 3.63) is 0 Å². The van der Waals surface area contributed by atoms with Gasteiger partial charge >= 0.3 is 0 Å². The Morgan fingerprint density at radius 3 is 2.72 bits per heavy atom. The van der Waals surface area contributed by atoms with Crippen molar-refractivity contribution >= 4 is 0 Å². The Kier molecular flexibility index (Phi) is 7.20. The van der Waals surface area contributed by atoms with Gasteiger partial charge in [-0.25, -0.2) is 0 Å². The van der Waals surface area contributed by atoms with Crippen LogP contribution in [0.15, 0.2) is 0 Å². The van der Waals surface area contributed by atoms with Gasteiger partial charge in [0.25, 0.3) is 0 Å². The fraction of sp³-hybridized carbons (Fsp3) is 1.00. The number of likely N-dealkylation sites (tertiary alicyclic amines) is 1. The van der Waals surface area contributed by atoms with Crippen LogP contribution in [0, 0.1) is 5.41 Å². The second-order valence-corrected chi connectivity index (χ2v) is 6.42. The van der Waals surface area contributed by atoms with E-state index >= 15 is 0 Å². The Hall–Kier alpha value is -0.120. The predicted octanol–water partition coefficient (Wildman–Crippen LogP) is 2.51. The van der Waals surface area contributed by atoms with Gasteiger partial charge in [-0.3, -0.25) is 0 Å². The molecule has 0 aromatic carbocycles. The lowest BCUT2D eigenvalue weighted by molar-refractivity contribution is 0.137. The number of methoxy groups -OCH3 is 1. The van der Waals surface area contributed by atoms with Crippen LogP contribution in [-0.2, 0) is 4.74 Å². The van der Waals surface area contributed by atoms with Crippen molar-refractivity contribution in [1.82, 2.24) is 10.2 Å². The molecule has 108 valence electrons. The molecule has 0 aliphatic carbocycles. The van der Waals surface area contributed by atoms with E-state index in [4.69, 9.17) is 4.74 Å². The summed E-state index contributed by atoms with van der Waals surface area (Å²) in [7, 11) is 1.80. The summed E-state index contributed by atoms with van der Waals surface area (Å²) in [5, 5.41) is 3.59. The normalized spacial score (nSPS) is 22.7. The van der Waals surface area contributed by atoms with Crippen molar-refractivity contribution in [3.8, 4) is 0 Å². The Morgan fingerprint density at radius 2 is 2.06 bits per heavy atom. The van der Waals surface area contributed by atoms with Crippen molar-refractivity contribution in [1.29, 1.82) is 0 Å². The zero-order chi connectivity index (χ0) is 13.4. The van der Waals surface area contributed by atoms with Crippen molar-refractivity contribution in [3.63, 3.8) is 0 Å². The maximum Gasteiger partial charge on any atom is 0.0628 e. The minimum absolute atomic E-state index is 0.483. The average Bonchev–Trinajstić information content (AvgIpc) is 2.48. The first-order chi connectivity index (χ1) is 8.57. The maximum atomic E-state index is 5.33. The molecular formula is C15H32N2O. The third-order valence-electron chi connectivity index (χ3n) is 3.96. The second-order valence-electron chi connectivity index (χ2n) is 6.42. The van der Waals surface area contributed by atoms with Crippen LogP contribution in [0.5, 0.6) is 0 Å². The number of nitrogens with zero attached hydrogens (tertiary/aromatic N) is 1. The third kappa shape index (κ3) is 6.17. The van der Waals surface area contributed by atoms with Crippen molar-refractivity contribution in [2.45, 2.75) is 52.5 Å². The molecule has 18 heavy (non-hydrogen) atoms. The first-order valence-electron chi connectivity index (χ1n) is 7.52. The highest BCUT2D eigenvalue weighted by Gasteiger charge is 2.24. The van der Waals surface area contributed by atoms with Gasteiger partial charge in [-0.05, 0) is 50.7 Å². The largest absolute Gasteiger partial charge is 0.383 e. The van der Waals surface area contributed by atoms with E-state index < -0.39 is 0 Å². The summed E-state index contributed by atoms with van der Waals surface area (Å²) in [5.41, 5.74) is 0.530. The summed E-state index contributed by atoms with van der Waals surface area (Å²) in [6.07, 6.45) is 5.20. The molecule has 1 heterocycles. The minimum atomic E-state index is 0.483. The van der Waals surface area contributed by atoms with Gasteiger partial charge in [0.15, 0.2) is 0 Å². The molecule has 1 rings (SSSR count). The number of hydrogen-bond acceptors (Lipinski definition) is 3. The van der Waals surface area contributed by atoms with Crippen LogP contribution in [-0.4, -0.2) is 50.8 Å². The number of nitrogens with one attached hydrogen (secondary N) is 1. The zero-order valence-electron chi connectivity index (χ0n) is 12.8. The molecule has 0 radical (unpaired) electrons. The standard InChI is InChI=1S/C15H32N2O/c1-5-9-16-14(13-18-4)12-17-10-6-7-15(2,3)8-11-17/h14,16H,5-13H2,1-4H3. The summed E-state index contributed by atoms with van der Waals surface area (Å²) >= 11 is 0. The molecular weight excluding hydrogens is 224 g/mol. The lowest BCUT2D eigenvalue weighted by atomic mass is 9.85. The van der Waals surface area contributed by atoms with Crippen LogP contribution < -0.4 is 5.32 Å². The predicted molar refractivity (Wildman–Crippen MR) is 78.0 cm³/mol. The fourth-order valence-electron chi connectivity index (χ4n) is 2.70. The fourth-order valence-corrected chi connectivity index (χ4v) is 2.70. The lowest BCUT2D eigenvalue weighted by Gasteiger charge is -2.27. The summed E-state index contributed by atoms with van der Waals surface area (Å²) in [6.45, 7) is 12.5. The summed E-state index contributed by atoms with van der Waals surface area (Å²) < 4.78 is 5.33. The van der Waals surface area contributed by atoms with Gasteiger partial charge in [-0.15, -0.1) is 0 Å². The lowest BCUT2D eigenvalue weighted by Crippen LogP contribution is -2.44. The third-order valence-corrected chi connectivity index (χ3v) is 3.96. The van der Waals surface area contributed by atoms with E-state index in [1.54, 1.807) is 7.11 Å². The van der Waals surface area contributed by atoms with E-state index in [0.717, 1.165) is 19.7 Å². The molecule has 1 unspecified atom stereocenters. The Labute approximate surface area is 113 Å². The molecule has 0 aromatic heterocycles. The van der Waals surface area contributed by atoms with Gasteiger partial charge < -0.3 is 15.0 Å². The van der Waals surface area contributed by atoms with E-state index in [1.165, 1.54) is 38.8 Å². The van der Waals surface area contributed by atoms with Crippen LogP contribution in [0.4, 0.5) is 0 Å². The molecule has 1 aliphatic heterocycles. The molecule has 1 fully saturated rings. The smallest absolute Gasteiger partial charge is 0.0628 e. The van der Waals surface area contributed by atoms with Gasteiger partial charge in [0.1, 0.15) is 0 Å². The summed E-state index contributed by atoms with van der Waals surface area (Å²) in [4.78, 5) is 2.61. The Morgan fingerprint density at radius 1 is 1.28 bits per heavy atom. The summed E-state index contributed by atoms with van der Waals surface area (Å²) in [6, 6.07) is 0.483. The maximum absolute atomic E-state index is 5.33. The quantitative estimate of drug-likeness (QED) is 0.757. The van der Waals surface area contributed by atoms with Crippen LogP contribution in [0.2, 0.25) is 0 Å². The summed E-state index contributed by atoms with van der Waals surface area (Å²) in [5.74, 6) is 0. The number of hydrogen-bond donors (Lipinski definition) is 1. The van der Waals surface area contributed by atoms with E-state index in [0.29, 0.717) is 11.5 Å². The minimum Gasteiger partial charge on any atom is -0.383 e. The molecule has 0 amide bonds. The molecule has 3 nitrogen and oxygen atoms in total. The molecule has 0 spiro atoms. The van der Waals surface area contributed by atoms with E-state index in [2.05, 4.69) is 31.0 Å². The highest BCUT2D eigenvalue weighted by Crippen LogP contribution is 2.29. The molecule has 0 bridgehead atoms. The monoisotopic (exact) mass is 256 g/mol. The van der Waals surface area contributed by atoms with Gasteiger partial charge in [-0.1, -0.05) is 20.8 Å². The van der Waals surface area contributed by atoms with Gasteiger partial charge in [0, 0.05) is 19.7 Å². The van der Waals surface area contributed by atoms with Crippen LogP contribution in [0.1, 0.15) is 46.5 Å². The molecule has 3 heteroatoms. The topological polar surface area (TPSA) is 24.5 Å². The van der Waals surface area contributed by atoms with Crippen molar-refractivity contribution in [2.24, 2.45) is 5.41 Å². The molecule has 1 atom stereocenters. The molecule has 0 aromatic rings. The highest BCUT2D eigenvalue weighted by atomic mass is 16.5. The van der Waals surface area contributed by atoms with Gasteiger partial charge in [-0.2, -0.15) is 0 Å². The second kappa shape index (κ2) is 8.13. The average molecular weight is 256 g/mol. The SMILES string of the molecule is CCCNC(COC)CN1CCCC(C)(C)CC1. The van der Waals surface area contributed by atoms with Crippen LogP contribution in [0.25, 0.3) is 0 Å². The van der Waals surface area contributed by atoms with E-state index in [1.807, 2.05) is 0 Å². The molecule has 1 N–H and O–H groups in total. The van der Waals surface area contributed by atoms with Crippen LogP contribution >= 0.6 is 0 Å². The zero-order valence-corrected chi connectivity index (χ0v) is 12.8. The van der Waals surface area contributed by atoms with E-state index in [9.17, 15) is 0 Å². The van der Waals surface area contributed by atoms with Gasteiger partial charge in [0.2, 0.25) is 0 Å². The van der Waals surface area contributed by atoms with E-state index in [-0.39, 0.29) is 0 Å². The Bertz CT molecular complexity index is 219. The first kappa shape index (κ1) is 15.9. The number of rotatable bonds is 7. The van der Waals surface area contributed by atoms with Gasteiger partial charge in [0.05, 0.1) is 6.61 Å². The first-order valence-corrected chi connectivity index (χ1v) is 7.52. The Balaban J connectivity index is 2.37. The number of ether oxygens (including phenoxy) is 1. The molecule has 0 saturated carbocycles. The highest BCUT2D eigenvalue weighted by molar-refractivity contribution is 4.79.